The van der Waals surface area contributed by atoms with Crippen LogP contribution >= 0.6 is 11.8 Å². The zero-order valence-electron chi connectivity index (χ0n) is 19.1. The molecule has 0 saturated carbocycles. The minimum atomic E-state index is -0.453. The maximum absolute atomic E-state index is 12.9. The van der Waals surface area contributed by atoms with Crippen LogP contribution in [0, 0.1) is 12.8 Å². The molecule has 9 heteroatoms. The highest BCUT2D eigenvalue weighted by Gasteiger charge is 2.19. The van der Waals surface area contributed by atoms with Gasteiger partial charge in [-0.15, -0.1) is 0 Å². The minimum absolute atomic E-state index is 0.111. The summed E-state index contributed by atoms with van der Waals surface area (Å²) in [6.07, 6.45) is 0. The lowest BCUT2D eigenvalue weighted by Crippen LogP contribution is -2.39. The first-order chi connectivity index (χ1) is 15.2. The largest absolute Gasteiger partial charge is 0.355 e. The number of carbonyl (C=O) groups excluding carboxylic acids is 1. The van der Waals surface area contributed by atoms with Crippen molar-refractivity contribution in [1.82, 2.24) is 24.4 Å². The molecule has 2 heterocycles. The Morgan fingerprint density at radius 1 is 1.12 bits per heavy atom. The second-order valence-corrected chi connectivity index (χ2v) is 9.29. The molecule has 0 saturated heterocycles. The van der Waals surface area contributed by atoms with Crippen molar-refractivity contribution in [2.75, 3.05) is 12.3 Å². The van der Waals surface area contributed by atoms with Crippen molar-refractivity contribution in [3.8, 4) is 0 Å². The highest BCUT2D eigenvalue weighted by molar-refractivity contribution is 8.00. The Labute approximate surface area is 191 Å². The molecule has 1 N–H and O–H groups in total. The first kappa shape index (κ1) is 23.7. The Balaban J connectivity index is 1.83. The Hall–Kier alpha value is -2.94. The third-order valence-electron chi connectivity index (χ3n) is 5.12. The molecule has 0 fully saturated rings. The molecule has 170 valence electrons. The molecule has 0 aliphatic heterocycles. The summed E-state index contributed by atoms with van der Waals surface area (Å²) in [6.45, 7) is 8.71. The maximum atomic E-state index is 12.9. The highest BCUT2D eigenvalue weighted by atomic mass is 32.2. The van der Waals surface area contributed by atoms with Gasteiger partial charge in [0.15, 0.2) is 5.65 Å². The van der Waals surface area contributed by atoms with Crippen LogP contribution in [0.3, 0.4) is 0 Å². The van der Waals surface area contributed by atoms with E-state index in [1.54, 1.807) is 6.92 Å². The van der Waals surface area contributed by atoms with E-state index in [9.17, 15) is 14.4 Å². The van der Waals surface area contributed by atoms with E-state index in [1.165, 1.54) is 23.4 Å². The lowest BCUT2D eigenvalue weighted by molar-refractivity contribution is -0.118. The summed E-state index contributed by atoms with van der Waals surface area (Å²) in [4.78, 5) is 46.9. The summed E-state index contributed by atoms with van der Waals surface area (Å²) in [5, 5.41) is 3.63. The molecule has 0 aliphatic carbocycles. The molecule has 2 aromatic heterocycles. The van der Waals surface area contributed by atoms with E-state index in [0.29, 0.717) is 29.6 Å². The first-order valence-electron chi connectivity index (χ1n) is 10.6. The van der Waals surface area contributed by atoms with Crippen molar-refractivity contribution < 1.29 is 4.79 Å². The number of fused-ring (bicyclic) bond motifs is 1. The third-order valence-corrected chi connectivity index (χ3v) is 6.10. The molecule has 1 amide bonds. The fraction of sp³-hybridized carbons (Fsp3) is 0.435. The normalized spacial score (nSPS) is 12.3. The van der Waals surface area contributed by atoms with Crippen molar-refractivity contribution in [2.24, 2.45) is 13.0 Å². The van der Waals surface area contributed by atoms with E-state index in [4.69, 9.17) is 0 Å². The summed E-state index contributed by atoms with van der Waals surface area (Å²) in [5.74, 6) is 0.791. The number of thioether (sulfide) groups is 1. The molecular weight excluding hydrogens is 426 g/mol. The molecule has 0 bridgehead atoms. The van der Waals surface area contributed by atoms with Gasteiger partial charge in [0.25, 0.3) is 5.56 Å². The van der Waals surface area contributed by atoms with Gasteiger partial charge >= 0.3 is 5.69 Å². The smallest absolute Gasteiger partial charge is 0.332 e. The van der Waals surface area contributed by atoms with Crippen molar-refractivity contribution in [3.63, 3.8) is 0 Å². The lowest BCUT2D eigenvalue weighted by atomic mass is 10.0. The van der Waals surface area contributed by atoms with Gasteiger partial charge in [0.1, 0.15) is 16.2 Å². The molecule has 1 aromatic carbocycles. The number of benzene rings is 1. The van der Waals surface area contributed by atoms with E-state index < -0.39 is 11.2 Å². The van der Waals surface area contributed by atoms with Gasteiger partial charge in [0.05, 0.1) is 5.75 Å². The molecular formula is C23H29N5O3S. The average Bonchev–Trinajstić information content (AvgIpc) is 2.77. The zero-order valence-corrected chi connectivity index (χ0v) is 19.9. The molecule has 32 heavy (non-hydrogen) atoms. The van der Waals surface area contributed by atoms with Gasteiger partial charge in [0, 0.05) is 20.1 Å². The Morgan fingerprint density at radius 2 is 1.81 bits per heavy atom. The van der Waals surface area contributed by atoms with Crippen LogP contribution in [-0.2, 0) is 18.4 Å². The van der Waals surface area contributed by atoms with Gasteiger partial charge in [0.2, 0.25) is 5.91 Å². The first-order valence-corrected chi connectivity index (χ1v) is 11.6. The number of amides is 1. The lowest BCUT2D eigenvalue weighted by Gasteiger charge is -2.15. The van der Waals surface area contributed by atoms with Crippen molar-refractivity contribution >= 4 is 28.7 Å². The van der Waals surface area contributed by atoms with E-state index in [0.717, 1.165) is 10.1 Å². The minimum Gasteiger partial charge on any atom is -0.355 e. The molecule has 8 nitrogen and oxygen atoms in total. The van der Waals surface area contributed by atoms with E-state index in [1.807, 2.05) is 44.2 Å². The van der Waals surface area contributed by atoms with Crippen LogP contribution in [0.2, 0.25) is 0 Å². The number of nitrogens with zero attached hydrogens (tertiary/aromatic N) is 4. The summed E-state index contributed by atoms with van der Waals surface area (Å²) in [7, 11) is 1.45. The number of rotatable bonds is 8. The number of hydrogen-bond donors (Lipinski definition) is 1. The van der Waals surface area contributed by atoms with Gasteiger partial charge in [-0.2, -0.15) is 0 Å². The van der Waals surface area contributed by atoms with E-state index >= 15 is 0 Å². The van der Waals surface area contributed by atoms with Crippen LogP contribution in [0.15, 0.2) is 44.9 Å². The number of aromatic nitrogens is 4. The SMILES string of the molecule is Cc1nc(SCC(=O)NCC(C)c2ccccc2)c2c(=O)n(C)c(=O)n(CC(C)C)c2n1. The third kappa shape index (κ3) is 5.27. The van der Waals surface area contributed by atoms with Crippen LogP contribution < -0.4 is 16.6 Å². The second kappa shape index (κ2) is 10.1. The molecule has 0 aliphatic rings. The Bertz CT molecular complexity index is 1230. The number of aryl methyl sites for hydroxylation is 1. The highest BCUT2D eigenvalue weighted by Crippen LogP contribution is 2.22. The Morgan fingerprint density at radius 3 is 2.47 bits per heavy atom. The molecule has 0 spiro atoms. The van der Waals surface area contributed by atoms with Crippen molar-refractivity contribution in [1.29, 1.82) is 0 Å². The van der Waals surface area contributed by atoms with Gasteiger partial charge in [-0.25, -0.2) is 14.8 Å². The number of hydrogen-bond acceptors (Lipinski definition) is 6. The molecule has 3 rings (SSSR count). The van der Waals surface area contributed by atoms with Gasteiger partial charge in [-0.3, -0.25) is 18.7 Å². The zero-order chi connectivity index (χ0) is 23.4. The van der Waals surface area contributed by atoms with E-state index in [2.05, 4.69) is 22.2 Å². The number of carbonyl (C=O) groups is 1. The van der Waals surface area contributed by atoms with Gasteiger partial charge in [-0.1, -0.05) is 62.9 Å². The fourth-order valence-corrected chi connectivity index (χ4v) is 4.32. The maximum Gasteiger partial charge on any atom is 0.332 e. The van der Waals surface area contributed by atoms with Gasteiger partial charge in [-0.05, 0) is 24.3 Å². The predicted molar refractivity (Wildman–Crippen MR) is 127 cm³/mol. The molecule has 1 atom stereocenters. The van der Waals surface area contributed by atoms with Crippen LogP contribution in [-0.4, -0.2) is 37.3 Å². The quantitative estimate of drug-likeness (QED) is 0.414. The van der Waals surface area contributed by atoms with Gasteiger partial charge < -0.3 is 5.32 Å². The summed E-state index contributed by atoms with van der Waals surface area (Å²) in [5.41, 5.74) is 0.618. The van der Waals surface area contributed by atoms with Crippen molar-refractivity contribution in [3.05, 3.63) is 62.6 Å². The fourth-order valence-electron chi connectivity index (χ4n) is 3.43. The van der Waals surface area contributed by atoms with E-state index in [-0.39, 0.29) is 28.9 Å². The second-order valence-electron chi connectivity index (χ2n) is 8.33. The molecule has 1 unspecified atom stereocenters. The molecule has 0 radical (unpaired) electrons. The summed E-state index contributed by atoms with van der Waals surface area (Å²) >= 11 is 1.18. The monoisotopic (exact) mass is 455 g/mol. The van der Waals surface area contributed by atoms with Crippen molar-refractivity contribution in [2.45, 2.75) is 45.2 Å². The van der Waals surface area contributed by atoms with Crippen LogP contribution in [0.5, 0.6) is 0 Å². The van der Waals surface area contributed by atoms with Crippen LogP contribution in [0.1, 0.15) is 38.1 Å². The van der Waals surface area contributed by atoms with Crippen LogP contribution in [0.4, 0.5) is 0 Å². The summed E-state index contributed by atoms with van der Waals surface area (Å²) < 4.78 is 2.59. The van der Waals surface area contributed by atoms with Crippen LogP contribution in [0.25, 0.3) is 11.0 Å². The number of nitrogens with one attached hydrogen (secondary N) is 1. The summed E-state index contributed by atoms with van der Waals surface area (Å²) in [6, 6.07) is 9.99. The predicted octanol–water partition coefficient (Wildman–Crippen LogP) is 2.47. The average molecular weight is 456 g/mol. The topological polar surface area (TPSA) is 98.9 Å². The standard InChI is InChI=1S/C23H29N5O3S/c1-14(2)12-28-20-19(22(30)27(5)23(28)31)21(26-16(4)25-20)32-13-18(29)24-11-15(3)17-9-7-6-8-10-17/h6-10,14-15H,11-13H2,1-5H3,(H,24,29). The Kier molecular flexibility index (Phi) is 7.50. The molecule has 3 aromatic rings.